The Bertz CT molecular complexity index is 1420. The Balaban J connectivity index is 0.000000764. The maximum atomic E-state index is 14.1. The maximum absolute atomic E-state index is 14.1. The average molecular weight is 460 g/mol. The first-order valence-electron chi connectivity index (χ1n) is 11.3. The third-order valence-electron chi connectivity index (χ3n) is 7.02. The number of methoxy groups -OCH3 is 1. The fourth-order valence-corrected chi connectivity index (χ4v) is 5.64. The monoisotopic (exact) mass is 459 g/mol. The molecule has 6 rings (SSSR count). The minimum atomic E-state index is -0.250. The molecule has 9 nitrogen and oxygen atoms in total. The molecule has 2 aliphatic rings. The zero-order valence-electron chi connectivity index (χ0n) is 18.8. The van der Waals surface area contributed by atoms with Crippen LogP contribution in [-0.2, 0) is 23.2 Å². The van der Waals surface area contributed by atoms with Crippen molar-refractivity contribution in [3.63, 3.8) is 0 Å². The Morgan fingerprint density at radius 3 is 2.59 bits per heavy atom. The van der Waals surface area contributed by atoms with Crippen LogP contribution in [0.25, 0.3) is 17.0 Å². The molecule has 0 unspecified atom stereocenters. The maximum Gasteiger partial charge on any atom is 0.290 e. The quantitative estimate of drug-likeness (QED) is 0.469. The van der Waals surface area contributed by atoms with Gasteiger partial charge in [-0.3, -0.25) is 14.2 Å². The lowest BCUT2D eigenvalue weighted by Gasteiger charge is -2.36. The molecule has 0 amide bonds. The largest absolute Gasteiger partial charge is 0.496 e. The van der Waals surface area contributed by atoms with Crippen molar-refractivity contribution in [3.8, 4) is 17.0 Å². The highest BCUT2D eigenvalue weighted by molar-refractivity contribution is 5.73. The van der Waals surface area contributed by atoms with Gasteiger partial charge in [-0.15, -0.1) is 0 Å². The molecule has 4 aromatic rings. The van der Waals surface area contributed by atoms with E-state index in [1.54, 1.807) is 16.2 Å². The minimum Gasteiger partial charge on any atom is -0.496 e. The summed E-state index contributed by atoms with van der Waals surface area (Å²) >= 11 is 0. The van der Waals surface area contributed by atoms with Crippen LogP contribution in [0.4, 0.5) is 0 Å². The van der Waals surface area contributed by atoms with Crippen LogP contribution in [-0.4, -0.2) is 43.3 Å². The molecule has 1 fully saturated rings. The fraction of sp³-hybridized carbons (Fsp3) is 0.320. The molecule has 0 atom stereocenters. The van der Waals surface area contributed by atoms with Gasteiger partial charge in [0.15, 0.2) is 0 Å². The van der Waals surface area contributed by atoms with Gasteiger partial charge in [-0.2, -0.15) is 4.52 Å². The molecule has 2 heterocycles. The lowest BCUT2D eigenvalue weighted by molar-refractivity contribution is -0.122. The molecule has 0 bridgehead atoms. The Hall–Kier alpha value is -4.01. The Labute approximate surface area is 195 Å². The zero-order valence-corrected chi connectivity index (χ0v) is 18.8. The van der Waals surface area contributed by atoms with Crippen LogP contribution >= 0.6 is 0 Å². The lowest BCUT2D eigenvalue weighted by Crippen LogP contribution is -2.41. The molecular weight excluding hydrogens is 434 g/mol. The highest BCUT2D eigenvalue weighted by Gasteiger charge is 2.45. The number of carbonyl (C=O) groups is 1. The van der Waals surface area contributed by atoms with E-state index in [1.807, 2.05) is 30.3 Å². The first-order valence-corrected chi connectivity index (χ1v) is 11.3. The molecule has 9 heteroatoms. The molecule has 2 aliphatic carbocycles. The number of hydrogen-bond donors (Lipinski definition) is 1. The van der Waals surface area contributed by atoms with E-state index in [9.17, 15) is 4.79 Å². The van der Waals surface area contributed by atoms with Crippen molar-refractivity contribution < 1.29 is 14.6 Å². The van der Waals surface area contributed by atoms with Crippen molar-refractivity contribution in [2.45, 2.75) is 44.1 Å². The van der Waals surface area contributed by atoms with E-state index < -0.39 is 0 Å². The number of ether oxygens (including phenoxy) is 1. The first kappa shape index (κ1) is 21.8. The van der Waals surface area contributed by atoms with E-state index >= 15 is 0 Å². The van der Waals surface area contributed by atoms with Gasteiger partial charge in [0.2, 0.25) is 0 Å². The smallest absolute Gasteiger partial charge is 0.290 e. The highest BCUT2D eigenvalue weighted by Crippen LogP contribution is 2.50. The van der Waals surface area contributed by atoms with Gasteiger partial charge >= 0.3 is 0 Å². The van der Waals surface area contributed by atoms with Crippen LogP contribution in [0.2, 0.25) is 0 Å². The highest BCUT2D eigenvalue weighted by atomic mass is 16.5. The standard InChI is InChI=1S/C24H23N5O2.CH2O2/c1-31-19-11-5-3-9-17(19)15-28-22(30)20-21(29-23(28)25-26-27-29)18-10-4-2-8-16(18)14-24(20)12-6-7-13-24;2-1-3/h2-5,8-11H,6-7,12-15H2,1H3;1H,(H,2,3). The second-order valence-corrected chi connectivity index (χ2v) is 8.74. The molecule has 0 saturated heterocycles. The van der Waals surface area contributed by atoms with Crippen LogP contribution in [0.5, 0.6) is 5.75 Å². The van der Waals surface area contributed by atoms with Gasteiger partial charge in [-0.05, 0) is 41.3 Å². The molecule has 0 aliphatic heterocycles. The summed E-state index contributed by atoms with van der Waals surface area (Å²) in [5, 5.41) is 19.4. The number of aromatic nitrogens is 5. The Morgan fingerprint density at radius 2 is 1.82 bits per heavy atom. The predicted octanol–water partition coefficient (Wildman–Crippen LogP) is 3.08. The van der Waals surface area contributed by atoms with E-state index in [0.29, 0.717) is 12.3 Å². The third-order valence-corrected chi connectivity index (χ3v) is 7.02. The van der Waals surface area contributed by atoms with Crippen molar-refractivity contribution in [2.24, 2.45) is 0 Å². The van der Waals surface area contributed by atoms with Crippen molar-refractivity contribution in [1.82, 2.24) is 24.6 Å². The molecular formula is C25H25N5O4. The van der Waals surface area contributed by atoms with E-state index in [4.69, 9.17) is 14.6 Å². The molecule has 0 radical (unpaired) electrons. The van der Waals surface area contributed by atoms with E-state index in [2.05, 4.69) is 33.7 Å². The summed E-state index contributed by atoms with van der Waals surface area (Å²) in [6, 6.07) is 16.1. The number of fused-ring (bicyclic) bond motifs is 6. The van der Waals surface area contributed by atoms with Gasteiger partial charge in [0.05, 0.1) is 24.9 Å². The molecule has 1 spiro atoms. The van der Waals surface area contributed by atoms with Crippen molar-refractivity contribution >= 4 is 12.2 Å². The Kier molecular flexibility index (Phi) is 5.61. The van der Waals surface area contributed by atoms with Gasteiger partial charge in [-0.25, -0.2) is 0 Å². The zero-order chi connectivity index (χ0) is 23.7. The van der Waals surface area contributed by atoms with Crippen molar-refractivity contribution in [1.29, 1.82) is 0 Å². The second-order valence-electron chi connectivity index (χ2n) is 8.74. The summed E-state index contributed by atoms with van der Waals surface area (Å²) in [4.78, 5) is 22.5. The van der Waals surface area contributed by atoms with Crippen LogP contribution < -0.4 is 10.3 Å². The van der Waals surface area contributed by atoms with E-state index in [-0.39, 0.29) is 17.4 Å². The van der Waals surface area contributed by atoms with Crippen molar-refractivity contribution in [2.75, 3.05) is 7.11 Å². The number of nitrogens with zero attached hydrogens (tertiary/aromatic N) is 5. The summed E-state index contributed by atoms with van der Waals surface area (Å²) in [5.41, 5.74) is 4.87. The number of para-hydroxylation sites is 1. The summed E-state index contributed by atoms with van der Waals surface area (Å²) in [6.45, 7) is 0.109. The topological polar surface area (TPSA) is 112 Å². The third kappa shape index (κ3) is 3.35. The molecule has 34 heavy (non-hydrogen) atoms. The first-order chi connectivity index (χ1) is 16.6. The average Bonchev–Trinajstić information content (AvgIpc) is 3.52. The van der Waals surface area contributed by atoms with Gasteiger partial charge in [0, 0.05) is 16.5 Å². The summed E-state index contributed by atoms with van der Waals surface area (Å²) in [6.07, 6.45) is 5.22. The minimum absolute atomic E-state index is 0.0135. The lowest BCUT2D eigenvalue weighted by atomic mass is 9.68. The van der Waals surface area contributed by atoms with Gasteiger partial charge in [0.25, 0.3) is 17.8 Å². The molecule has 174 valence electrons. The SMILES string of the molecule is COc1ccccc1Cn1c(=O)c2c(n3nnnc13)-c1ccccc1CC21CCCC1.O=CO. The Morgan fingerprint density at radius 1 is 1.12 bits per heavy atom. The van der Waals surface area contributed by atoms with Crippen LogP contribution in [0.3, 0.4) is 0 Å². The van der Waals surface area contributed by atoms with E-state index in [1.165, 1.54) is 5.56 Å². The van der Waals surface area contributed by atoms with Gasteiger partial charge < -0.3 is 9.84 Å². The molecule has 1 saturated carbocycles. The summed E-state index contributed by atoms with van der Waals surface area (Å²) in [5.74, 6) is 1.21. The summed E-state index contributed by atoms with van der Waals surface area (Å²) < 4.78 is 9.01. The molecule has 2 aromatic heterocycles. The molecule has 2 aromatic carbocycles. The van der Waals surface area contributed by atoms with Gasteiger partial charge in [0.1, 0.15) is 5.75 Å². The number of rotatable bonds is 3. The van der Waals surface area contributed by atoms with Crippen LogP contribution in [0.1, 0.15) is 42.4 Å². The molecule has 1 N–H and O–H groups in total. The second kappa shape index (κ2) is 8.74. The summed E-state index contributed by atoms with van der Waals surface area (Å²) in [7, 11) is 1.65. The number of tetrazole rings is 1. The number of carboxylic acid groups (broad SMARTS) is 1. The predicted molar refractivity (Wildman–Crippen MR) is 125 cm³/mol. The van der Waals surface area contributed by atoms with E-state index in [0.717, 1.165) is 60.2 Å². The number of hydrogen-bond acceptors (Lipinski definition) is 6. The van der Waals surface area contributed by atoms with Crippen molar-refractivity contribution in [3.05, 3.63) is 75.6 Å². The normalized spacial score (nSPS) is 15.3. The number of benzene rings is 2. The van der Waals surface area contributed by atoms with Gasteiger partial charge in [-0.1, -0.05) is 60.4 Å². The van der Waals surface area contributed by atoms with Crippen LogP contribution in [0.15, 0.2) is 53.3 Å². The fourth-order valence-electron chi connectivity index (χ4n) is 5.64. The van der Waals surface area contributed by atoms with Crippen LogP contribution in [0, 0.1) is 0 Å².